The highest BCUT2D eigenvalue weighted by molar-refractivity contribution is 7.15. The van der Waals surface area contributed by atoms with Crippen molar-refractivity contribution in [3.05, 3.63) is 10.6 Å². The minimum atomic E-state index is 0.304. The van der Waals surface area contributed by atoms with Crippen LogP contribution in [0.5, 0.6) is 0 Å². The zero-order chi connectivity index (χ0) is 15.5. The highest BCUT2D eigenvalue weighted by atomic mass is 32.1. The van der Waals surface area contributed by atoms with Crippen LogP contribution in [0, 0.1) is 25.7 Å². The Bertz CT molecular complexity index is 463. The van der Waals surface area contributed by atoms with Gasteiger partial charge in [-0.1, -0.05) is 12.8 Å². The van der Waals surface area contributed by atoms with Crippen LogP contribution >= 0.6 is 11.3 Å². The fourth-order valence-corrected chi connectivity index (χ4v) is 4.68. The number of thiazole rings is 1. The molecule has 5 heteroatoms. The SMILES string of the molecule is Cc1nc(N2C[C@@H](CN3CCCCCC3)[C@@H](CO)C2)sc1C. The molecule has 0 amide bonds. The largest absolute Gasteiger partial charge is 0.396 e. The predicted molar refractivity (Wildman–Crippen MR) is 92.8 cm³/mol. The van der Waals surface area contributed by atoms with Gasteiger partial charge in [-0.05, 0) is 45.7 Å². The molecule has 0 bridgehead atoms. The summed E-state index contributed by atoms with van der Waals surface area (Å²) in [7, 11) is 0. The Morgan fingerprint density at radius 1 is 1.09 bits per heavy atom. The van der Waals surface area contributed by atoms with Crippen LogP contribution in [0.3, 0.4) is 0 Å². The first-order chi connectivity index (χ1) is 10.7. The van der Waals surface area contributed by atoms with Crippen LogP contribution in [-0.4, -0.2) is 54.3 Å². The van der Waals surface area contributed by atoms with E-state index in [-0.39, 0.29) is 0 Å². The van der Waals surface area contributed by atoms with Gasteiger partial charge in [-0.25, -0.2) is 4.98 Å². The van der Waals surface area contributed by atoms with Crippen molar-refractivity contribution in [1.29, 1.82) is 0 Å². The number of rotatable bonds is 4. The molecule has 0 aromatic carbocycles. The monoisotopic (exact) mass is 323 g/mol. The maximum Gasteiger partial charge on any atom is 0.185 e. The molecule has 2 saturated heterocycles. The summed E-state index contributed by atoms with van der Waals surface area (Å²) < 4.78 is 0. The minimum Gasteiger partial charge on any atom is -0.396 e. The van der Waals surface area contributed by atoms with Gasteiger partial charge in [-0.15, -0.1) is 11.3 Å². The standard InChI is InChI=1S/C17H29N3OS/c1-13-14(2)22-17(18-13)20-10-15(16(11-20)12-21)9-19-7-5-3-4-6-8-19/h15-16,21H,3-12H2,1-2H3/t15-,16-/m1/s1. The molecule has 1 N–H and O–H groups in total. The van der Waals surface area contributed by atoms with Crippen LogP contribution in [0.15, 0.2) is 0 Å². The van der Waals surface area contributed by atoms with Crippen molar-refractivity contribution in [3.8, 4) is 0 Å². The quantitative estimate of drug-likeness (QED) is 0.925. The molecule has 22 heavy (non-hydrogen) atoms. The molecule has 2 atom stereocenters. The van der Waals surface area contributed by atoms with Crippen LogP contribution in [0.4, 0.5) is 5.13 Å². The summed E-state index contributed by atoms with van der Waals surface area (Å²) in [5.74, 6) is 0.973. The van der Waals surface area contributed by atoms with Crippen molar-refractivity contribution in [2.45, 2.75) is 39.5 Å². The first-order valence-electron chi connectivity index (χ1n) is 8.69. The first kappa shape index (κ1) is 16.2. The van der Waals surface area contributed by atoms with E-state index in [2.05, 4.69) is 23.6 Å². The summed E-state index contributed by atoms with van der Waals surface area (Å²) in [5, 5.41) is 10.9. The Labute approximate surface area is 138 Å². The Morgan fingerprint density at radius 2 is 1.77 bits per heavy atom. The van der Waals surface area contributed by atoms with Crippen LogP contribution < -0.4 is 4.90 Å². The smallest absolute Gasteiger partial charge is 0.185 e. The molecule has 0 unspecified atom stereocenters. The average molecular weight is 324 g/mol. The number of aryl methyl sites for hydroxylation is 2. The Balaban J connectivity index is 1.63. The van der Waals surface area contributed by atoms with Gasteiger partial charge in [0, 0.05) is 37.0 Å². The Kier molecular flexibility index (Phi) is 5.37. The maximum atomic E-state index is 9.78. The lowest BCUT2D eigenvalue weighted by atomic mass is 9.96. The summed E-state index contributed by atoms with van der Waals surface area (Å²) in [5.41, 5.74) is 1.15. The third-order valence-electron chi connectivity index (χ3n) is 5.29. The van der Waals surface area contributed by atoms with Crippen molar-refractivity contribution >= 4 is 16.5 Å². The molecule has 0 radical (unpaired) electrons. The van der Waals surface area contributed by atoms with Crippen molar-refractivity contribution in [2.24, 2.45) is 11.8 Å². The third kappa shape index (κ3) is 3.63. The van der Waals surface area contributed by atoms with Gasteiger partial charge in [0.25, 0.3) is 0 Å². The van der Waals surface area contributed by atoms with E-state index in [9.17, 15) is 5.11 Å². The van der Waals surface area contributed by atoms with Crippen molar-refractivity contribution in [3.63, 3.8) is 0 Å². The fraction of sp³-hybridized carbons (Fsp3) is 0.824. The van der Waals surface area contributed by atoms with Gasteiger partial charge in [0.1, 0.15) is 0 Å². The van der Waals surface area contributed by atoms with Gasteiger partial charge in [-0.2, -0.15) is 0 Å². The molecule has 2 aliphatic rings. The summed E-state index contributed by atoms with van der Waals surface area (Å²) in [6.07, 6.45) is 5.44. The van der Waals surface area contributed by atoms with Crippen molar-refractivity contribution < 1.29 is 5.11 Å². The number of nitrogens with zero attached hydrogens (tertiary/aromatic N) is 3. The lowest BCUT2D eigenvalue weighted by molar-refractivity contribution is 0.165. The second-order valence-corrected chi connectivity index (χ2v) is 8.14. The van der Waals surface area contributed by atoms with Gasteiger partial charge in [0.05, 0.1) is 5.69 Å². The lowest BCUT2D eigenvalue weighted by Gasteiger charge is -2.26. The second-order valence-electron chi connectivity index (χ2n) is 6.96. The lowest BCUT2D eigenvalue weighted by Crippen LogP contribution is -2.34. The molecule has 0 aliphatic carbocycles. The molecule has 124 valence electrons. The van der Waals surface area contributed by atoms with E-state index in [0.717, 1.165) is 30.5 Å². The fourth-order valence-electron chi connectivity index (χ4n) is 3.75. The van der Waals surface area contributed by atoms with E-state index < -0.39 is 0 Å². The summed E-state index contributed by atoms with van der Waals surface area (Å²) in [6, 6.07) is 0. The third-order valence-corrected chi connectivity index (χ3v) is 6.42. The molecule has 0 spiro atoms. The van der Waals surface area contributed by atoms with Gasteiger partial charge >= 0.3 is 0 Å². The predicted octanol–water partition coefficient (Wildman–Crippen LogP) is 2.68. The van der Waals surface area contributed by atoms with Crippen molar-refractivity contribution in [1.82, 2.24) is 9.88 Å². The summed E-state index contributed by atoms with van der Waals surface area (Å²) in [6.45, 7) is 10.2. The van der Waals surface area contributed by atoms with Gasteiger partial charge in [-0.3, -0.25) is 0 Å². The van der Waals surface area contributed by atoms with Crippen LogP contribution in [0.1, 0.15) is 36.3 Å². The highest BCUT2D eigenvalue weighted by Crippen LogP contribution is 2.33. The Morgan fingerprint density at radius 3 is 2.36 bits per heavy atom. The number of anilines is 1. The van der Waals surface area contributed by atoms with Crippen LogP contribution in [-0.2, 0) is 0 Å². The number of likely N-dealkylation sites (tertiary alicyclic amines) is 1. The molecule has 3 heterocycles. The number of aliphatic hydroxyl groups excluding tert-OH is 1. The molecule has 4 nitrogen and oxygen atoms in total. The second kappa shape index (κ2) is 7.28. The topological polar surface area (TPSA) is 39.6 Å². The number of hydrogen-bond donors (Lipinski definition) is 1. The molecule has 2 aliphatic heterocycles. The highest BCUT2D eigenvalue weighted by Gasteiger charge is 2.34. The van der Waals surface area contributed by atoms with Crippen LogP contribution in [0.2, 0.25) is 0 Å². The molecule has 1 aromatic heterocycles. The molecule has 3 rings (SSSR count). The molecule has 1 aromatic rings. The van der Waals surface area contributed by atoms with E-state index in [1.165, 1.54) is 43.6 Å². The number of hydrogen-bond acceptors (Lipinski definition) is 5. The zero-order valence-corrected chi connectivity index (χ0v) is 14.7. The zero-order valence-electron chi connectivity index (χ0n) is 13.9. The van der Waals surface area contributed by atoms with Crippen molar-refractivity contribution in [2.75, 3.05) is 44.2 Å². The van der Waals surface area contributed by atoms with Gasteiger partial charge in [0.15, 0.2) is 5.13 Å². The van der Waals surface area contributed by atoms with E-state index >= 15 is 0 Å². The number of aromatic nitrogens is 1. The van der Waals surface area contributed by atoms with E-state index in [1.807, 2.05) is 0 Å². The average Bonchev–Trinajstić information content (AvgIpc) is 2.94. The minimum absolute atomic E-state index is 0.304. The van der Waals surface area contributed by atoms with Gasteiger partial charge in [0.2, 0.25) is 0 Å². The molecule has 0 saturated carbocycles. The van der Waals surface area contributed by atoms with E-state index in [4.69, 9.17) is 4.98 Å². The van der Waals surface area contributed by atoms with Gasteiger partial charge < -0.3 is 14.9 Å². The van der Waals surface area contributed by atoms with E-state index in [0.29, 0.717) is 18.4 Å². The normalized spacial score (nSPS) is 27.3. The Hall–Kier alpha value is -0.650. The first-order valence-corrected chi connectivity index (χ1v) is 9.51. The molecular weight excluding hydrogens is 294 g/mol. The maximum absolute atomic E-state index is 9.78. The van der Waals surface area contributed by atoms with E-state index in [1.54, 1.807) is 11.3 Å². The summed E-state index contributed by atoms with van der Waals surface area (Å²) >= 11 is 1.80. The molecule has 2 fully saturated rings. The number of aliphatic hydroxyl groups is 1. The molecular formula is C17H29N3OS. The summed E-state index contributed by atoms with van der Waals surface area (Å²) in [4.78, 5) is 11.0. The van der Waals surface area contributed by atoms with Crippen LogP contribution in [0.25, 0.3) is 0 Å².